The van der Waals surface area contributed by atoms with Crippen molar-refractivity contribution in [3.05, 3.63) is 68.2 Å². The van der Waals surface area contributed by atoms with Crippen LogP contribution in [0.4, 0.5) is 4.39 Å². The van der Waals surface area contributed by atoms with Gasteiger partial charge in [-0.25, -0.2) is 14.4 Å². The first-order chi connectivity index (χ1) is 17.4. The summed E-state index contributed by atoms with van der Waals surface area (Å²) in [5.74, 6) is -1.87. The molecule has 1 aromatic carbocycles. The van der Waals surface area contributed by atoms with Crippen molar-refractivity contribution in [3.8, 4) is 0 Å². The first-order valence-electron chi connectivity index (χ1n) is 11.6. The van der Waals surface area contributed by atoms with E-state index in [2.05, 4.69) is 5.09 Å². The molecule has 1 aliphatic heterocycles. The number of carbonyl (C=O) groups is 1. The molecule has 3 rings (SSSR count). The summed E-state index contributed by atoms with van der Waals surface area (Å²) in [6.45, 7) is 6.07. The highest BCUT2D eigenvalue weighted by atomic mass is 31.2. The summed E-state index contributed by atoms with van der Waals surface area (Å²) in [7, 11) is -4.17. The van der Waals surface area contributed by atoms with Crippen molar-refractivity contribution < 1.29 is 37.4 Å². The van der Waals surface area contributed by atoms with Gasteiger partial charge in [0.2, 0.25) is 5.82 Å². The molecule has 3 N–H and O–H groups in total. The zero-order valence-electron chi connectivity index (χ0n) is 20.9. The van der Waals surface area contributed by atoms with E-state index in [0.717, 1.165) is 15.7 Å². The first-order valence-corrected chi connectivity index (χ1v) is 13.2. The van der Waals surface area contributed by atoms with Gasteiger partial charge in [0, 0.05) is 6.42 Å². The molecule has 0 amide bonds. The number of ether oxygens (including phenoxy) is 2. The molecule has 2 aromatic rings. The van der Waals surface area contributed by atoms with Crippen molar-refractivity contribution in [2.75, 3.05) is 6.61 Å². The first kappa shape index (κ1) is 28.9. The summed E-state index contributed by atoms with van der Waals surface area (Å²) >= 11 is 0. The number of aromatic nitrogens is 2. The van der Waals surface area contributed by atoms with E-state index in [1.54, 1.807) is 26.0 Å². The van der Waals surface area contributed by atoms with Crippen LogP contribution in [0.25, 0.3) is 0 Å². The minimum Gasteiger partial charge on any atom is -0.462 e. The van der Waals surface area contributed by atoms with E-state index >= 15 is 0 Å². The molecular weight excluding hydrogens is 512 g/mol. The third-order valence-electron chi connectivity index (χ3n) is 5.56. The number of halogens is 1. The van der Waals surface area contributed by atoms with Crippen LogP contribution in [-0.2, 0) is 34.5 Å². The number of rotatable bonds is 11. The van der Waals surface area contributed by atoms with E-state index in [0.29, 0.717) is 6.20 Å². The van der Waals surface area contributed by atoms with Crippen molar-refractivity contribution in [2.45, 2.75) is 71.3 Å². The molecule has 1 aliphatic rings. The van der Waals surface area contributed by atoms with Gasteiger partial charge in [0.25, 0.3) is 5.56 Å². The lowest BCUT2D eigenvalue weighted by atomic mass is 10.1. The second-order valence-corrected chi connectivity index (χ2v) is 10.7. The van der Waals surface area contributed by atoms with Gasteiger partial charge >= 0.3 is 19.4 Å². The van der Waals surface area contributed by atoms with Crippen LogP contribution in [0, 0.1) is 12.7 Å². The molecule has 1 fully saturated rings. The molecule has 1 saturated heterocycles. The van der Waals surface area contributed by atoms with E-state index in [9.17, 15) is 28.4 Å². The van der Waals surface area contributed by atoms with Crippen molar-refractivity contribution >= 4 is 13.7 Å². The van der Waals surface area contributed by atoms with Gasteiger partial charge in [-0.2, -0.15) is 4.39 Å². The van der Waals surface area contributed by atoms with Gasteiger partial charge in [0.05, 0.1) is 31.6 Å². The number of aryl methyl sites for hydroxylation is 1. The van der Waals surface area contributed by atoms with Gasteiger partial charge < -0.3 is 14.6 Å². The molecule has 2 heterocycles. The average Bonchev–Trinajstić information content (AvgIpc) is 3.19. The van der Waals surface area contributed by atoms with Gasteiger partial charge in [-0.05, 0) is 38.8 Å². The maximum absolute atomic E-state index is 13.7. The molecule has 37 heavy (non-hydrogen) atoms. The Bertz CT molecular complexity index is 1260. The molecule has 204 valence electrons. The third kappa shape index (κ3) is 7.67. The lowest BCUT2D eigenvalue weighted by molar-refractivity contribution is -0.149. The Hall–Kier alpha value is -2.67. The van der Waals surface area contributed by atoms with Crippen LogP contribution < -0.4 is 16.3 Å². The number of aromatic amines is 1. The van der Waals surface area contributed by atoms with Crippen LogP contribution in [0.2, 0.25) is 0 Å². The van der Waals surface area contributed by atoms with Gasteiger partial charge in [-0.15, -0.1) is 0 Å². The van der Waals surface area contributed by atoms with E-state index in [-0.39, 0.29) is 13.0 Å². The molecule has 0 bridgehead atoms. The van der Waals surface area contributed by atoms with E-state index in [1.165, 1.54) is 6.92 Å². The molecule has 0 radical (unpaired) electrons. The lowest BCUT2D eigenvalue weighted by Crippen LogP contribution is -2.36. The minimum absolute atomic E-state index is 0.106. The zero-order chi connectivity index (χ0) is 27.3. The van der Waals surface area contributed by atoms with Gasteiger partial charge in [0.1, 0.15) is 18.4 Å². The topological polar surface area (TPSA) is 158 Å². The highest BCUT2D eigenvalue weighted by molar-refractivity contribution is 7.51. The number of nitrogens with one attached hydrogen (secondary N) is 2. The summed E-state index contributed by atoms with van der Waals surface area (Å²) in [5, 5.41) is 13.0. The molecule has 1 unspecified atom stereocenters. The molecule has 12 nitrogen and oxygen atoms in total. The fourth-order valence-electron chi connectivity index (χ4n) is 3.54. The summed E-state index contributed by atoms with van der Waals surface area (Å²) in [6.07, 6.45) is -3.21. The van der Waals surface area contributed by atoms with E-state index in [1.807, 2.05) is 24.0 Å². The predicted molar refractivity (Wildman–Crippen MR) is 129 cm³/mol. The van der Waals surface area contributed by atoms with Crippen LogP contribution in [0.5, 0.6) is 0 Å². The van der Waals surface area contributed by atoms with Crippen molar-refractivity contribution in [2.24, 2.45) is 0 Å². The maximum Gasteiger partial charge on any atom is 0.406 e. The van der Waals surface area contributed by atoms with Crippen LogP contribution in [0.3, 0.4) is 0 Å². The number of carbonyl (C=O) groups excluding carboxylic acids is 1. The molecule has 1 aromatic heterocycles. The second-order valence-electron chi connectivity index (χ2n) is 8.91. The Labute approximate surface area is 212 Å². The van der Waals surface area contributed by atoms with E-state index in [4.69, 9.17) is 18.5 Å². The summed E-state index contributed by atoms with van der Waals surface area (Å²) in [6, 6.07) is 6.20. The zero-order valence-corrected chi connectivity index (χ0v) is 21.8. The molecular formula is C23H31FN3O9P. The molecule has 0 saturated carbocycles. The average molecular weight is 543 g/mol. The quantitative estimate of drug-likeness (QED) is 0.282. The standard InChI is InChI=1S/C23H31FN3O9P/c1-13(2)35-22(30)15(4)26-37(32,33-11-16-8-6-5-7-14(16)3)34-12-19-18(28)9-20(36-19)27-10-17(24)21(29)25-23(27)31/h5-8,10,13,15,18-20,28H,9,11-12H2,1-4H3,(H,26,32)(H,25,29,31)/t15-,18-,19+,20+,37?/m0/s1. The number of aliphatic hydroxyl groups is 1. The van der Waals surface area contributed by atoms with Crippen molar-refractivity contribution in [1.82, 2.24) is 14.6 Å². The Morgan fingerprint density at radius 1 is 1.30 bits per heavy atom. The molecule has 5 atom stereocenters. The van der Waals surface area contributed by atoms with Crippen LogP contribution >= 0.6 is 7.75 Å². The smallest absolute Gasteiger partial charge is 0.406 e. The maximum atomic E-state index is 13.7. The largest absolute Gasteiger partial charge is 0.462 e. The number of H-pyrrole nitrogens is 1. The minimum atomic E-state index is -4.17. The molecule has 0 spiro atoms. The Kier molecular flexibility index (Phi) is 9.57. The second kappa shape index (κ2) is 12.2. The van der Waals surface area contributed by atoms with Gasteiger partial charge in [-0.3, -0.25) is 28.2 Å². The fourth-order valence-corrected chi connectivity index (χ4v) is 5.00. The Morgan fingerprint density at radius 3 is 2.68 bits per heavy atom. The number of nitrogens with zero attached hydrogens (tertiary/aromatic N) is 1. The SMILES string of the molecule is Cc1ccccc1COP(=O)(N[C@@H](C)C(=O)OC(C)C)OC[C@H]1O[C@@H](n2cc(F)c(=O)[nH]c2=O)C[C@@H]1O. The van der Waals surface area contributed by atoms with E-state index < -0.39 is 68.0 Å². The lowest BCUT2D eigenvalue weighted by Gasteiger charge is -2.25. The highest BCUT2D eigenvalue weighted by Gasteiger charge is 2.39. The van der Waals surface area contributed by atoms with Crippen LogP contribution in [0.15, 0.2) is 40.1 Å². The summed E-state index contributed by atoms with van der Waals surface area (Å²) in [4.78, 5) is 37.4. The number of benzene rings is 1. The number of aliphatic hydroxyl groups excluding tert-OH is 1. The number of esters is 1. The normalized spacial score (nSPS) is 22.1. The van der Waals surface area contributed by atoms with Crippen LogP contribution in [-0.4, -0.2) is 51.6 Å². The molecule has 14 heteroatoms. The summed E-state index contributed by atoms with van der Waals surface area (Å²) < 4.78 is 50.0. The number of hydrogen-bond acceptors (Lipinski definition) is 9. The van der Waals surface area contributed by atoms with Gasteiger partial charge in [0.15, 0.2) is 0 Å². The third-order valence-corrected chi connectivity index (χ3v) is 7.22. The summed E-state index contributed by atoms with van der Waals surface area (Å²) in [5.41, 5.74) is -0.473. The predicted octanol–water partition coefficient (Wildman–Crippen LogP) is 1.90. The highest BCUT2D eigenvalue weighted by Crippen LogP contribution is 2.46. The Balaban J connectivity index is 1.73. The van der Waals surface area contributed by atoms with Crippen molar-refractivity contribution in [3.63, 3.8) is 0 Å². The fraction of sp³-hybridized carbons (Fsp3) is 0.522. The molecule has 0 aliphatic carbocycles. The number of hydrogen-bond donors (Lipinski definition) is 3. The monoisotopic (exact) mass is 543 g/mol. The Morgan fingerprint density at radius 2 is 2.00 bits per heavy atom. The van der Waals surface area contributed by atoms with Crippen molar-refractivity contribution in [1.29, 1.82) is 0 Å². The van der Waals surface area contributed by atoms with Gasteiger partial charge in [-0.1, -0.05) is 24.3 Å². The van der Waals surface area contributed by atoms with Crippen LogP contribution in [0.1, 0.15) is 44.5 Å².